The summed E-state index contributed by atoms with van der Waals surface area (Å²) in [6.45, 7) is 19.3. The number of hydrogen-bond donors (Lipinski definition) is 0. The molecule has 4 aliphatic rings. The van der Waals surface area contributed by atoms with Crippen LogP contribution in [-0.2, 0) is 33.3 Å². The number of esters is 3. The van der Waals surface area contributed by atoms with E-state index in [4.69, 9.17) is 18.9 Å². The van der Waals surface area contributed by atoms with Gasteiger partial charge in [0.2, 0.25) is 0 Å². The van der Waals surface area contributed by atoms with Gasteiger partial charge in [-0.25, -0.2) is 4.79 Å². The largest absolute Gasteiger partial charge is 0.462 e. The molecule has 0 aromatic rings. The number of carbonyl (C=O) groups excluding carboxylic acids is 3. The Morgan fingerprint density at radius 3 is 2.11 bits per heavy atom. The molecule has 4 rings (SSSR count). The lowest BCUT2D eigenvalue weighted by atomic mass is 9.47. The maximum absolute atomic E-state index is 13.2. The molecule has 0 aromatic carbocycles. The molecule has 0 radical (unpaired) electrons. The highest BCUT2D eigenvalue weighted by atomic mass is 16.7. The molecule has 3 fully saturated rings. The third-order valence-corrected chi connectivity index (χ3v) is 12.4. The smallest absolute Gasteiger partial charge is 0.342 e. The second-order valence-corrected chi connectivity index (χ2v) is 15.1. The number of rotatable bonds is 12. The molecule has 44 heavy (non-hydrogen) atoms. The second kappa shape index (κ2) is 13.8. The van der Waals surface area contributed by atoms with Gasteiger partial charge in [0, 0.05) is 19.3 Å². The zero-order valence-electron chi connectivity index (χ0n) is 29.0. The molecule has 0 N–H and O–H groups in total. The fourth-order valence-electron chi connectivity index (χ4n) is 9.47. The fourth-order valence-corrected chi connectivity index (χ4v) is 9.47. The summed E-state index contributed by atoms with van der Waals surface area (Å²) < 4.78 is 25.0. The summed E-state index contributed by atoms with van der Waals surface area (Å²) in [5.74, 6) is -0.431. The van der Waals surface area contributed by atoms with E-state index in [0.717, 1.165) is 31.3 Å². The SMILES string of the molecule is CCCCCCCCCC(=O)O[C@H]1C[C@H](C)[C@@]2(C)[C@H]([C@H]1C)[C@H](C)[C@]13O[C@@]1(C)C(=O)O[C@H]3/C=C(/C)C[C@H](OC(=O)CCC)[C@@H]2C. The Morgan fingerprint density at radius 2 is 1.48 bits per heavy atom. The molecule has 2 aliphatic carbocycles. The first-order valence-corrected chi connectivity index (χ1v) is 17.7. The highest BCUT2D eigenvalue weighted by Crippen LogP contribution is 2.68. The standard InChI is InChI=1S/C37H60O7/c1-10-12-13-14-15-16-17-19-32(39)41-28-22-24(4)35(8)26(6)29(42-31(38)18-11-2)20-23(3)21-30-37(27(7)33(35)25(28)5)36(9,44-37)34(40)43-30/h21,24-30,33H,10-20,22H2,1-9H3/b23-21-/t24-,25-,26-,27-,28-,29-,30-,33+,35+,36-,37+/m0/s1. The summed E-state index contributed by atoms with van der Waals surface area (Å²) in [7, 11) is 0. The zero-order chi connectivity index (χ0) is 32.4. The zero-order valence-corrected chi connectivity index (χ0v) is 29.0. The van der Waals surface area contributed by atoms with Crippen molar-refractivity contribution >= 4 is 17.9 Å². The van der Waals surface area contributed by atoms with Crippen LogP contribution in [-0.4, -0.2) is 47.4 Å². The number of epoxide rings is 1. The topological polar surface area (TPSA) is 91.4 Å². The lowest BCUT2D eigenvalue weighted by Crippen LogP contribution is -2.59. The number of fused-ring (bicyclic) bond motifs is 1. The van der Waals surface area contributed by atoms with Gasteiger partial charge in [-0.2, -0.15) is 0 Å². The average Bonchev–Trinajstić information content (AvgIpc) is 3.56. The third kappa shape index (κ3) is 6.25. The number of ether oxygens (including phenoxy) is 4. The van der Waals surface area contributed by atoms with E-state index in [1.807, 2.05) is 26.8 Å². The van der Waals surface area contributed by atoms with Gasteiger partial charge in [0.15, 0.2) is 17.3 Å². The quantitative estimate of drug-likeness (QED) is 0.0719. The van der Waals surface area contributed by atoms with Crippen molar-refractivity contribution in [3.05, 3.63) is 11.6 Å². The summed E-state index contributed by atoms with van der Waals surface area (Å²) in [5.41, 5.74) is -1.02. The summed E-state index contributed by atoms with van der Waals surface area (Å²) in [4.78, 5) is 39.2. The first-order chi connectivity index (χ1) is 20.8. The van der Waals surface area contributed by atoms with Crippen LogP contribution in [0.25, 0.3) is 0 Å². The molecule has 11 atom stereocenters. The predicted octanol–water partition coefficient (Wildman–Crippen LogP) is 8.12. The minimum absolute atomic E-state index is 0.0160. The normalized spacial score (nSPS) is 42.6. The molecular weight excluding hydrogens is 556 g/mol. The number of unbranched alkanes of at least 4 members (excludes halogenated alkanes) is 6. The maximum atomic E-state index is 13.2. The second-order valence-electron chi connectivity index (χ2n) is 15.1. The van der Waals surface area contributed by atoms with Crippen LogP contribution in [0.2, 0.25) is 0 Å². The monoisotopic (exact) mass is 616 g/mol. The van der Waals surface area contributed by atoms with Gasteiger partial charge < -0.3 is 18.9 Å². The summed E-state index contributed by atoms with van der Waals surface area (Å²) in [6, 6.07) is 0. The Bertz CT molecular complexity index is 1080. The number of hydrogen-bond acceptors (Lipinski definition) is 7. The van der Waals surface area contributed by atoms with Gasteiger partial charge in [-0.15, -0.1) is 0 Å². The molecule has 2 saturated heterocycles. The minimum Gasteiger partial charge on any atom is -0.462 e. The van der Waals surface area contributed by atoms with Gasteiger partial charge in [-0.05, 0) is 74.2 Å². The van der Waals surface area contributed by atoms with Gasteiger partial charge in [0.25, 0.3) is 0 Å². The van der Waals surface area contributed by atoms with Crippen molar-refractivity contribution < 1.29 is 33.3 Å². The molecule has 7 heteroatoms. The van der Waals surface area contributed by atoms with E-state index in [1.165, 1.54) is 32.1 Å². The summed E-state index contributed by atoms with van der Waals surface area (Å²) in [6.07, 6.45) is 12.0. The summed E-state index contributed by atoms with van der Waals surface area (Å²) >= 11 is 0. The van der Waals surface area contributed by atoms with Crippen LogP contribution in [0.4, 0.5) is 0 Å². The maximum Gasteiger partial charge on any atom is 0.342 e. The van der Waals surface area contributed by atoms with Crippen LogP contribution < -0.4 is 0 Å². The van der Waals surface area contributed by atoms with Crippen LogP contribution in [0, 0.1) is 35.0 Å². The molecule has 2 aliphatic heterocycles. The average molecular weight is 617 g/mol. The van der Waals surface area contributed by atoms with Gasteiger partial charge >= 0.3 is 17.9 Å². The van der Waals surface area contributed by atoms with E-state index < -0.39 is 17.3 Å². The van der Waals surface area contributed by atoms with Crippen LogP contribution in [0.15, 0.2) is 11.6 Å². The first-order valence-electron chi connectivity index (χ1n) is 17.7. The predicted molar refractivity (Wildman–Crippen MR) is 171 cm³/mol. The molecule has 7 nitrogen and oxygen atoms in total. The highest BCUT2D eigenvalue weighted by Gasteiger charge is 2.84. The molecule has 0 aromatic heterocycles. The summed E-state index contributed by atoms with van der Waals surface area (Å²) in [5, 5.41) is 0. The van der Waals surface area contributed by atoms with E-state index in [9.17, 15) is 14.4 Å². The Balaban J connectivity index is 1.62. The molecule has 250 valence electrons. The Labute approximate surface area is 266 Å². The van der Waals surface area contributed by atoms with E-state index in [-0.39, 0.29) is 65.1 Å². The van der Waals surface area contributed by atoms with Crippen molar-refractivity contribution in [2.75, 3.05) is 0 Å². The third-order valence-electron chi connectivity index (χ3n) is 12.4. The highest BCUT2D eigenvalue weighted by molar-refractivity contribution is 5.88. The van der Waals surface area contributed by atoms with Crippen LogP contribution in [0.1, 0.15) is 139 Å². The molecule has 0 unspecified atom stereocenters. The van der Waals surface area contributed by atoms with Crippen molar-refractivity contribution in [2.24, 2.45) is 35.0 Å². The van der Waals surface area contributed by atoms with E-state index >= 15 is 0 Å². The van der Waals surface area contributed by atoms with Crippen LogP contribution in [0.5, 0.6) is 0 Å². The van der Waals surface area contributed by atoms with Crippen LogP contribution >= 0.6 is 0 Å². The van der Waals surface area contributed by atoms with Crippen molar-refractivity contribution in [1.82, 2.24) is 0 Å². The lowest BCUT2D eigenvalue weighted by molar-refractivity contribution is -0.188. The Hall–Kier alpha value is -1.89. The fraction of sp³-hybridized carbons (Fsp3) is 0.865. The molecule has 0 amide bonds. The van der Waals surface area contributed by atoms with Crippen LogP contribution in [0.3, 0.4) is 0 Å². The van der Waals surface area contributed by atoms with Crippen molar-refractivity contribution in [2.45, 2.75) is 169 Å². The van der Waals surface area contributed by atoms with Gasteiger partial charge in [0.05, 0.1) is 0 Å². The molecule has 1 saturated carbocycles. The molecule has 2 heterocycles. The Morgan fingerprint density at radius 1 is 0.864 bits per heavy atom. The number of carbonyl (C=O) groups is 3. The van der Waals surface area contributed by atoms with E-state index in [2.05, 4.69) is 41.5 Å². The first kappa shape index (κ1) is 35.0. The van der Waals surface area contributed by atoms with Crippen molar-refractivity contribution in [3.8, 4) is 0 Å². The molecule has 1 spiro atoms. The van der Waals surface area contributed by atoms with Gasteiger partial charge in [-0.1, -0.05) is 92.6 Å². The van der Waals surface area contributed by atoms with Crippen molar-refractivity contribution in [1.29, 1.82) is 0 Å². The van der Waals surface area contributed by atoms with E-state index in [1.54, 1.807) is 0 Å². The lowest BCUT2D eigenvalue weighted by Gasteiger charge is -2.59. The van der Waals surface area contributed by atoms with E-state index in [0.29, 0.717) is 19.3 Å². The van der Waals surface area contributed by atoms with Gasteiger partial charge in [0.1, 0.15) is 12.2 Å². The molecule has 0 bridgehead atoms. The van der Waals surface area contributed by atoms with Gasteiger partial charge in [-0.3, -0.25) is 9.59 Å². The Kier molecular flexibility index (Phi) is 11.0. The van der Waals surface area contributed by atoms with Crippen molar-refractivity contribution in [3.63, 3.8) is 0 Å². The minimum atomic E-state index is -0.992. The molecular formula is C37H60O7.